The van der Waals surface area contributed by atoms with Crippen molar-refractivity contribution in [3.8, 4) is 0 Å². The number of carbonyl (C=O) groups is 1. The highest BCUT2D eigenvalue weighted by Crippen LogP contribution is 2.34. The van der Waals surface area contributed by atoms with Gasteiger partial charge in [0.2, 0.25) is 5.91 Å². The van der Waals surface area contributed by atoms with E-state index in [2.05, 4.69) is 4.98 Å². The molecule has 7 heteroatoms. The maximum Gasteiger partial charge on any atom is 0.249 e. The third kappa shape index (κ3) is 2.08. The summed E-state index contributed by atoms with van der Waals surface area (Å²) in [6.07, 6.45) is -1.56. The van der Waals surface area contributed by atoms with Crippen molar-refractivity contribution < 1.29 is 24.9 Å². The average molecular weight is 254 g/mol. The Bertz CT molecular complexity index is 453. The van der Waals surface area contributed by atoms with Gasteiger partial charge >= 0.3 is 0 Å². The zero-order chi connectivity index (χ0) is 13.3. The lowest BCUT2D eigenvalue weighted by Gasteiger charge is -2.16. The lowest BCUT2D eigenvalue weighted by molar-refractivity contribution is -0.0230. The second kappa shape index (κ2) is 4.99. The molecule has 2 heterocycles. The third-order valence-corrected chi connectivity index (χ3v) is 2.97. The van der Waals surface area contributed by atoms with Gasteiger partial charge in [-0.2, -0.15) is 0 Å². The van der Waals surface area contributed by atoms with Crippen molar-refractivity contribution in [2.75, 3.05) is 6.61 Å². The van der Waals surface area contributed by atoms with Crippen molar-refractivity contribution in [2.45, 2.75) is 24.4 Å². The van der Waals surface area contributed by atoms with E-state index in [9.17, 15) is 15.0 Å². The molecule has 0 unspecified atom stereocenters. The summed E-state index contributed by atoms with van der Waals surface area (Å²) in [6.45, 7) is -0.430. The first-order chi connectivity index (χ1) is 8.56. The third-order valence-electron chi connectivity index (χ3n) is 2.97. The van der Waals surface area contributed by atoms with Crippen molar-refractivity contribution in [3.05, 3.63) is 29.6 Å². The number of hydrogen-bond donors (Lipinski definition) is 4. The molecule has 7 nitrogen and oxygen atoms in total. The summed E-state index contributed by atoms with van der Waals surface area (Å²) >= 11 is 0. The minimum atomic E-state index is -1.25. The van der Waals surface area contributed by atoms with E-state index in [4.69, 9.17) is 15.6 Å². The monoisotopic (exact) mass is 254 g/mol. The maximum absolute atomic E-state index is 11.3. The van der Waals surface area contributed by atoms with Crippen LogP contribution in [0.15, 0.2) is 18.5 Å². The Morgan fingerprint density at radius 2 is 2.17 bits per heavy atom. The van der Waals surface area contributed by atoms with Crippen molar-refractivity contribution in [1.82, 2.24) is 4.98 Å². The fourth-order valence-corrected chi connectivity index (χ4v) is 2.01. The van der Waals surface area contributed by atoms with Crippen LogP contribution in [-0.2, 0) is 4.74 Å². The van der Waals surface area contributed by atoms with Gasteiger partial charge in [0.1, 0.15) is 24.4 Å². The molecule has 4 atom stereocenters. The molecule has 5 N–H and O–H groups in total. The quantitative estimate of drug-likeness (QED) is 0.511. The Hall–Kier alpha value is -1.54. The van der Waals surface area contributed by atoms with Gasteiger partial charge in [0.25, 0.3) is 0 Å². The molecule has 1 fully saturated rings. The minimum absolute atomic E-state index is 0.167. The number of aliphatic hydroxyl groups excluding tert-OH is 3. The lowest BCUT2D eigenvalue weighted by atomic mass is 9.99. The summed E-state index contributed by atoms with van der Waals surface area (Å²) in [5, 5.41) is 28.5. The summed E-state index contributed by atoms with van der Waals surface area (Å²) in [6, 6.07) is 1.41. The molecule has 0 aromatic carbocycles. The van der Waals surface area contributed by atoms with E-state index >= 15 is 0 Å². The second-order valence-corrected chi connectivity index (χ2v) is 4.09. The summed E-state index contributed by atoms with van der Waals surface area (Å²) in [5.74, 6) is -0.676. The summed E-state index contributed by atoms with van der Waals surface area (Å²) in [7, 11) is 0. The van der Waals surface area contributed by atoms with Crippen molar-refractivity contribution in [1.29, 1.82) is 0 Å². The molecule has 0 radical (unpaired) electrons. The van der Waals surface area contributed by atoms with E-state index in [1.807, 2.05) is 0 Å². The van der Waals surface area contributed by atoms with E-state index in [0.717, 1.165) is 0 Å². The molecule has 1 aromatic rings. The molecule has 0 saturated carbocycles. The first-order valence-corrected chi connectivity index (χ1v) is 5.42. The van der Waals surface area contributed by atoms with Crippen LogP contribution in [0.1, 0.15) is 22.0 Å². The number of primary amides is 1. The van der Waals surface area contributed by atoms with E-state index in [-0.39, 0.29) is 5.56 Å². The van der Waals surface area contributed by atoms with Gasteiger partial charge in [-0.25, -0.2) is 0 Å². The van der Waals surface area contributed by atoms with Crippen LogP contribution < -0.4 is 5.73 Å². The predicted octanol–water partition coefficient (Wildman–Crippen LogP) is -1.67. The Labute approximate surface area is 103 Å². The molecule has 0 aliphatic carbocycles. The fraction of sp³-hybridized carbons (Fsp3) is 0.455. The number of hydrogen-bond acceptors (Lipinski definition) is 6. The van der Waals surface area contributed by atoms with Gasteiger partial charge in [-0.1, -0.05) is 0 Å². The molecule has 18 heavy (non-hydrogen) atoms. The zero-order valence-electron chi connectivity index (χ0n) is 9.43. The van der Waals surface area contributed by atoms with Gasteiger partial charge in [-0.3, -0.25) is 9.78 Å². The van der Waals surface area contributed by atoms with Gasteiger partial charge in [-0.05, 0) is 6.07 Å². The molecule has 0 spiro atoms. The molecular formula is C11H14N2O5. The summed E-state index contributed by atoms with van der Waals surface area (Å²) in [4.78, 5) is 15.1. The molecule has 1 aliphatic rings. The SMILES string of the molecule is NC(=O)c1ccncc1[C@H]1O[C@H](CO)[C@@H](O)[C@H]1O. The summed E-state index contributed by atoms with van der Waals surface area (Å²) in [5.41, 5.74) is 5.68. The molecule has 1 aromatic heterocycles. The predicted molar refractivity (Wildman–Crippen MR) is 59.5 cm³/mol. The fourth-order valence-electron chi connectivity index (χ4n) is 2.01. The number of aliphatic hydroxyl groups is 3. The van der Waals surface area contributed by atoms with Crippen LogP contribution in [0.5, 0.6) is 0 Å². The minimum Gasteiger partial charge on any atom is -0.394 e. The Morgan fingerprint density at radius 1 is 1.44 bits per heavy atom. The van der Waals surface area contributed by atoms with Gasteiger partial charge < -0.3 is 25.8 Å². The van der Waals surface area contributed by atoms with Gasteiger partial charge in [0, 0.05) is 23.5 Å². The topological polar surface area (TPSA) is 126 Å². The molecule has 1 amide bonds. The van der Waals surface area contributed by atoms with Gasteiger partial charge in [0.15, 0.2) is 0 Å². The van der Waals surface area contributed by atoms with E-state index in [1.54, 1.807) is 0 Å². The van der Waals surface area contributed by atoms with E-state index in [1.165, 1.54) is 18.5 Å². The summed E-state index contributed by atoms with van der Waals surface area (Å²) < 4.78 is 5.31. The number of nitrogens with two attached hydrogens (primary N) is 1. The van der Waals surface area contributed by atoms with Crippen LogP contribution in [0.25, 0.3) is 0 Å². The molecule has 0 bridgehead atoms. The van der Waals surface area contributed by atoms with E-state index < -0.39 is 36.9 Å². The Kier molecular flexibility index (Phi) is 3.58. The maximum atomic E-state index is 11.3. The number of nitrogens with zero attached hydrogens (tertiary/aromatic N) is 1. The van der Waals surface area contributed by atoms with Crippen LogP contribution in [0.2, 0.25) is 0 Å². The number of amides is 1. The number of aromatic nitrogens is 1. The standard InChI is InChI=1S/C11H14N2O5/c12-11(17)5-1-2-13-3-6(5)10-9(16)8(15)7(4-14)18-10/h1-3,7-10,14-16H,4H2,(H2,12,17)/t7-,8-,9-,10-/m1/s1. The highest BCUT2D eigenvalue weighted by molar-refractivity contribution is 5.94. The van der Waals surface area contributed by atoms with Crippen LogP contribution >= 0.6 is 0 Å². The first-order valence-electron chi connectivity index (χ1n) is 5.42. The molecule has 2 rings (SSSR count). The Morgan fingerprint density at radius 3 is 2.72 bits per heavy atom. The van der Waals surface area contributed by atoms with Gasteiger partial charge in [-0.15, -0.1) is 0 Å². The van der Waals surface area contributed by atoms with Crippen LogP contribution in [-0.4, -0.2) is 51.1 Å². The smallest absolute Gasteiger partial charge is 0.249 e. The normalized spacial score (nSPS) is 31.5. The lowest BCUT2D eigenvalue weighted by Crippen LogP contribution is -2.32. The number of carbonyl (C=O) groups excluding carboxylic acids is 1. The highest BCUT2D eigenvalue weighted by atomic mass is 16.6. The number of rotatable bonds is 3. The van der Waals surface area contributed by atoms with Gasteiger partial charge in [0.05, 0.1) is 6.61 Å². The number of ether oxygens (including phenoxy) is 1. The van der Waals surface area contributed by atoms with Crippen molar-refractivity contribution in [3.63, 3.8) is 0 Å². The largest absolute Gasteiger partial charge is 0.394 e. The zero-order valence-corrected chi connectivity index (χ0v) is 9.43. The van der Waals surface area contributed by atoms with Crippen LogP contribution in [0.4, 0.5) is 0 Å². The molecular weight excluding hydrogens is 240 g/mol. The van der Waals surface area contributed by atoms with Crippen molar-refractivity contribution in [2.24, 2.45) is 5.73 Å². The highest BCUT2D eigenvalue weighted by Gasteiger charge is 2.44. The van der Waals surface area contributed by atoms with E-state index in [0.29, 0.717) is 5.56 Å². The second-order valence-electron chi connectivity index (χ2n) is 4.09. The number of pyridine rings is 1. The molecule has 1 aliphatic heterocycles. The first kappa shape index (κ1) is 12.9. The van der Waals surface area contributed by atoms with Crippen molar-refractivity contribution >= 4 is 5.91 Å². The molecule has 1 saturated heterocycles. The van der Waals surface area contributed by atoms with Crippen LogP contribution in [0, 0.1) is 0 Å². The Balaban J connectivity index is 2.35. The van der Waals surface area contributed by atoms with Crippen LogP contribution in [0.3, 0.4) is 0 Å². The molecule has 98 valence electrons. The average Bonchev–Trinajstić information content (AvgIpc) is 2.66.